The van der Waals surface area contributed by atoms with Crippen molar-refractivity contribution < 1.29 is 13.9 Å². The van der Waals surface area contributed by atoms with Crippen molar-refractivity contribution in [1.29, 1.82) is 0 Å². The predicted molar refractivity (Wildman–Crippen MR) is 94.7 cm³/mol. The Morgan fingerprint density at radius 3 is 2.60 bits per heavy atom. The minimum atomic E-state index is -0.265. The zero-order chi connectivity index (χ0) is 17.5. The lowest BCUT2D eigenvalue weighted by Crippen LogP contribution is -2.31. The molecule has 1 aliphatic rings. The number of amides is 1. The van der Waals surface area contributed by atoms with Gasteiger partial charge in [-0.2, -0.15) is 0 Å². The molecule has 2 aromatic carbocycles. The SMILES string of the molecule is O=C(NC[C@@H]1CCCO1)c1ccc(CC#Cc2ccc(F)cc2)cc1. The Bertz CT molecular complexity index is 766. The van der Waals surface area contributed by atoms with E-state index in [1.165, 1.54) is 12.1 Å². The normalized spacial score (nSPS) is 16.1. The number of halogens is 1. The van der Waals surface area contributed by atoms with Crippen LogP contribution in [0, 0.1) is 17.7 Å². The zero-order valence-corrected chi connectivity index (χ0v) is 13.9. The molecule has 0 aliphatic carbocycles. The van der Waals surface area contributed by atoms with Crippen molar-refractivity contribution in [3.8, 4) is 11.8 Å². The Labute approximate surface area is 147 Å². The van der Waals surface area contributed by atoms with Gasteiger partial charge < -0.3 is 10.1 Å². The van der Waals surface area contributed by atoms with Crippen molar-refractivity contribution in [2.24, 2.45) is 0 Å². The van der Waals surface area contributed by atoms with Crippen molar-refractivity contribution in [3.05, 3.63) is 71.0 Å². The van der Waals surface area contributed by atoms with E-state index in [4.69, 9.17) is 4.74 Å². The molecule has 0 radical (unpaired) electrons. The van der Waals surface area contributed by atoms with Gasteiger partial charge in [0.25, 0.3) is 5.91 Å². The molecular weight excluding hydrogens is 317 g/mol. The van der Waals surface area contributed by atoms with Gasteiger partial charge in [0, 0.05) is 30.7 Å². The van der Waals surface area contributed by atoms with Crippen molar-refractivity contribution in [3.63, 3.8) is 0 Å². The molecule has 1 atom stereocenters. The molecule has 1 N–H and O–H groups in total. The van der Waals surface area contributed by atoms with Crippen LogP contribution >= 0.6 is 0 Å². The van der Waals surface area contributed by atoms with Crippen LogP contribution in [0.5, 0.6) is 0 Å². The summed E-state index contributed by atoms with van der Waals surface area (Å²) in [5.74, 6) is 5.71. The van der Waals surface area contributed by atoms with Crippen LogP contribution in [-0.2, 0) is 11.2 Å². The van der Waals surface area contributed by atoms with E-state index in [1.807, 2.05) is 12.1 Å². The molecule has 1 fully saturated rings. The highest BCUT2D eigenvalue weighted by Gasteiger charge is 2.16. The second-order valence-electron chi connectivity index (χ2n) is 6.03. The van der Waals surface area contributed by atoms with Gasteiger partial charge in [0.2, 0.25) is 0 Å². The molecule has 2 aromatic rings. The summed E-state index contributed by atoms with van der Waals surface area (Å²) in [7, 11) is 0. The molecule has 3 rings (SSSR count). The quantitative estimate of drug-likeness (QED) is 0.869. The second-order valence-corrected chi connectivity index (χ2v) is 6.03. The van der Waals surface area contributed by atoms with Crippen molar-refractivity contribution >= 4 is 5.91 Å². The molecule has 0 bridgehead atoms. The van der Waals surface area contributed by atoms with E-state index in [1.54, 1.807) is 24.3 Å². The van der Waals surface area contributed by atoms with E-state index < -0.39 is 0 Å². The molecule has 1 aliphatic heterocycles. The fraction of sp³-hybridized carbons (Fsp3) is 0.286. The summed E-state index contributed by atoms with van der Waals surface area (Å²) in [6, 6.07) is 13.5. The van der Waals surface area contributed by atoms with E-state index in [9.17, 15) is 9.18 Å². The van der Waals surface area contributed by atoms with Crippen molar-refractivity contribution in [2.75, 3.05) is 13.2 Å². The van der Waals surface area contributed by atoms with Crippen LogP contribution in [-0.4, -0.2) is 25.2 Å². The van der Waals surface area contributed by atoms with Crippen LogP contribution in [0.1, 0.15) is 34.3 Å². The Morgan fingerprint density at radius 2 is 1.92 bits per heavy atom. The summed E-state index contributed by atoms with van der Waals surface area (Å²) in [5.41, 5.74) is 2.45. The van der Waals surface area contributed by atoms with Gasteiger partial charge in [0.15, 0.2) is 0 Å². The number of nitrogens with one attached hydrogen (secondary N) is 1. The predicted octanol–water partition coefficient (Wildman–Crippen LogP) is 3.33. The molecule has 0 saturated carbocycles. The lowest BCUT2D eigenvalue weighted by molar-refractivity contribution is 0.0858. The van der Waals surface area contributed by atoms with Gasteiger partial charge in [0.1, 0.15) is 5.82 Å². The van der Waals surface area contributed by atoms with Gasteiger partial charge >= 0.3 is 0 Å². The highest BCUT2D eigenvalue weighted by Crippen LogP contribution is 2.11. The van der Waals surface area contributed by atoms with Gasteiger partial charge in [-0.3, -0.25) is 4.79 Å². The molecular formula is C21H20FNO2. The molecule has 4 heteroatoms. The molecule has 3 nitrogen and oxygen atoms in total. The summed E-state index contributed by atoms with van der Waals surface area (Å²) >= 11 is 0. The van der Waals surface area contributed by atoms with Crippen molar-refractivity contribution in [1.82, 2.24) is 5.32 Å². The molecule has 1 saturated heterocycles. The maximum absolute atomic E-state index is 12.8. The van der Waals surface area contributed by atoms with Crippen LogP contribution in [0.4, 0.5) is 4.39 Å². The van der Waals surface area contributed by atoms with Gasteiger partial charge in [-0.05, 0) is 54.8 Å². The minimum Gasteiger partial charge on any atom is -0.376 e. The first-order valence-electron chi connectivity index (χ1n) is 8.44. The number of hydrogen-bond donors (Lipinski definition) is 1. The third kappa shape index (κ3) is 5.17. The van der Waals surface area contributed by atoms with Crippen molar-refractivity contribution in [2.45, 2.75) is 25.4 Å². The third-order valence-electron chi connectivity index (χ3n) is 4.10. The number of carbonyl (C=O) groups is 1. The van der Waals surface area contributed by atoms with E-state index in [0.29, 0.717) is 18.5 Å². The molecule has 1 heterocycles. The fourth-order valence-electron chi connectivity index (χ4n) is 2.67. The Morgan fingerprint density at radius 1 is 1.16 bits per heavy atom. The fourth-order valence-corrected chi connectivity index (χ4v) is 2.67. The van der Waals surface area contributed by atoms with Crippen LogP contribution in [0.3, 0.4) is 0 Å². The van der Waals surface area contributed by atoms with Gasteiger partial charge in [-0.1, -0.05) is 24.0 Å². The van der Waals surface area contributed by atoms with Gasteiger partial charge in [0.05, 0.1) is 6.10 Å². The lowest BCUT2D eigenvalue weighted by Gasteiger charge is -2.10. The average Bonchev–Trinajstić information content (AvgIpc) is 3.15. The molecule has 0 unspecified atom stereocenters. The van der Waals surface area contributed by atoms with Gasteiger partial charge in [-0.25, -0.2) is 4.39 Å². The summed E-state index contributed by atoms with van der Waals surface area (Å²) in [6.45, 7) is 1.35. The monoisotopic (exact) mass is 337 g/mol. The average molecular weight is 337 g/mol. The molecule has 1 amide bonds. The van der Waals surface area contributed by atoms with E-state index >= 15 is 0 Å². The topological polar surface area (TPSA) is 38.3 Å². The van der Waals surface area contributed by atoms with Crippen LogP contribution in [0.15, 0.2) is 48.5 Å². The lowest BCUT2D eigenvalue weighted by atomic mass is 10.1. The maximum atomic E-state index is 12.8. The van der Waals surface area contributed by atoms with E-state index in [-0.39, 0.29) is 17.8 Å². The number of benzene rings is 2. The third-order valence-corrected chi connectivity index (χ3v) is 4.10. The standard InChI is InChI=1S/C21H20FNO2/c22-19-12-8-17(9-13-19)4-1-3-16-6-10-18(11-7-16)21(24)23-15-20-5-2-14-25-20/h6-13,20H,2-3,5,14-15H2,(H,23,24)/t20-/m0/s1. The zero-order valence-electron chi connectivity index (χ0n) is 13.9. The van der Waals surface area contributed by atoms with Crippen LogP contribution in [0.2, 0.25) is 0 Å². The Hall–Kier alpha value is -2.64. The minimum absolute atomic E-state index is 0.0838. The van der Waals surface area contributed by atoms with E-state index in [2.05, 4.69) is 17.2 Å². The molecule has 128 valence electrons. The number of hydrogen-bond acceptors (Lipinski definition) is 2. The smallest absolute Gasteiger partial charge is 0.251 e. The maximum Gasteiger partial charge on any atom is 0.251 e. The number of carbonyl (C=O) groups excluding carboxylic acids is 1. The number of rotatable bonds is 4. The first-order valence-corrected chi connectivity index (χ1v) is 8.44. The van der Waals surface area contributed by atoms with Crippen LogP contribution < -0.4 is 5.32 Å². The number of ether oxygens (including phenoxy) is 1. The Kier molecular flexibility index (Phi) is 5.81. The summed E-state index contributed by atoms with van der Waals surface area (Å²) in [4.78, 5) is 12.1. The highest BCUT2D eigenvalue weighted by atomic mass is 19.1. The largest absolute Gasteiger partial charge is 0.376 e. The first-order chi connectivity index (χ1) is 12.2. The second kappa shape index (κ2) is 8.46. The Balaban J connectivity index is 1.51. The summed E-state index contributed by atoms with van der Waals surface area (Å²) in [6.07, 6.45) is 2.79. The van der Waals surface area contributed by atoms with E-state index in [0.717, 1.165) is 30.6 Å². The summed E-state index contributed by atoms with van der Waals surface area (Å²) in [5, 5.41) is 2.91. The molecule has 0 spiro atoms. The first kappa shape index (κ1) is 17.2. The highest BCUT2D eigenvalue weighted by molar-refractivity contribution is 5.94. The summed E-state index contributed by atoms with van der Waals surface area (Å²) < 4.78 is 18.3. The van der Waals surface area contributed by atoms with Gasteiger partial charge in [-0.15, -0.1) is 0 Å². The molecule has 0 aromatic heterocycles. The van der Waals surface area contributed by atoms with Crippen LogP contribution in [0.25, 0.3) is 0 Å². The molecule has 25 heavy (non-hydrogen) atoms.